The number of nitrogens with zero attached hydrogens (tertiary/aromatic N) is 2. The zero-order valence-corrected chi connectivity index (χ0v) is 16.7. The van der Waals surface area contributed by atoms with Crippen LogP contribution in [0.25, 0.3) is 0 Å². The van der Waals surface area contributed by atoms with Crippen LogP contribution in [0.2, 0.25) is 0 Å². The van der Waals surface area contributed by atoms with Gasteiger partial charge in [0.25, 0.3) is 0 Å². The van der Waals surface area contributed by atoms with Crippen LogP contribution in [0.15, 0.2) is 52.5 Å². The molecule has 1 aromatic carbocycles. The van der Waals surface area contributed by atoms with Gasteiger partial charge in [0.15, 0.2) is 15.8 Å². The summed E-state index contributed by atoms with van der Waals surface area (Å²) in [6.45, 7) is 3.96. The first kappa shape index (κ1) is 20.7. The Bertz CT molecular complexity index is 865. The number of rotatable bonds is 8. The van der Waals surface area contributed by atoms with Crippen molar-refractivity contribution >= 4 is 15.8 Å². The SMILES string of the molecule is CCNC(=NCc1ccnc(OC)c1)NCCc1ccc(S(C)(=O)=O)cc1. The second kappa shape index (κ2) is 9.91. The van der Waals surface area contributed by atoms with Crippen LogP contribution < -0.4 is 15.4 Å². The second-order valence-corrected chi connectivity index (χ2v) is 8.01. The molecule has 0 bridgehead atoms. The topological polar surface area (TPSA) is 92.7 Å². The van der Waals surface area contributed by atoms with E-state index in [1.54, 1.807) is 25.4 Å². The molecule has 0 unspecified atom stereocenters. The molecule has 0 saturated carbocycles. The van der Waals surface area contributed by atoms with E-state index in [9.17, 15) is 8.42 Å². The maximum absolute atomic E-state index is 11.5. The Morgan fingerprint density at radius 2 is 1.89 bits per heavy atom. The van der Waals surface area contributed by atoms with Crippen molar-refractivity contribution < 1.29 is 13.2 Å². The van der Waals surface area contributed by atoms with Gasteiger partial charge in [0.05, 0.1) is 18.6 Å². The van der Waals surface area contributed by atoms with Gasteiger partial charge < -0.3 is 15.4 Å². The van der Waals surface area contributed by atoms with Crippen molar-refractivity contribution in [2.45, 2.75) is 24.8 Å². The van der Waals surface area contributed by atoms with E-state index in [1.165, 1.54) is 6.26 Å². The van der Waals surface area contributed by atoms with Crippen molar-refractivity contribution in [1.29, 1.82) is 0 Å². The van der Waals surface area contributed by atoms with Gasteiger partial charge in [-0.2, -0.15) is 0 Å². The van der Waals surface area contributed by atoms with Crippen molar-refractivity contribution in [1.82, 2.24) is 15.6 Å². The Hall–Kier alpha value is -2.61. The maximum atomic E-state index is 11.5. The van der Waals surface area contributed by atoms with E-state index in [2.05, 4.69) is 20.6 Å². The number of methoxy groups -OCH3 is 1. The first-order valence-corrected chi connectivity index (χ1v) is 10.6. The summed E-state index contributed by atoms with van der Waals surface area (Å²) >= 11 is 0. The lowest BCUT2D eigenvalue weighted by atomic mass is 10.1. The molecule has 146 valence electrons. The Labute approximate surface area is 160 Å². The minimum atomic E-state index is -3.16. The highest BCUT2D eigenvalue weighted by molar-refractivity contribution is 7.90. The van der Waals surface area contributed by atoms with Crippen molar-refractivity contribution in [2.24, 2.45) is 4.99 Å². The number of nitrogens with one attached hydrogen (secondary N) is 2. The zero-order chi connectivity index (χ0) is 19.7. The van der Waals surface area contributed by atoms with E-state index >= 15 is 0 Å². The largest absolute Gasteiger partial charge is 0.481 e. The van der Waals surface area contributed by atoms with E-state index in [0.717, 1.165) is 30.1 Å². The van der Waals surface area contributed by atoms with Gasteiger partial charge in [-0.25, -0.2) is 18.4 Å². The van der Waals surface area contributed by atoms with Crippen LogP contribution in [-0.4, -0.2) is 45.8 Å². The fourth-order valence-electron chi connectivity index (χ4n) is 2.40. The number of hydrogen-bond acceptors (Lipinski definition) is 5. The summed E-state index contributed by atoms with van der Waals surface area (Å²) < 4.78 is 28.1. The third-order valence-electron chi connectivity index (χ3n) is 3.83. The molecule has 0 spiro atoms. The lowest BCUT2D eigenvalue weighted by Crippen LogP contribution is -2.38. The van der Waals surface area contributed by atoms with Gasteiger partial charge in [-0.05, 0) is 42.7 Å². The average molecular weight is 391 g/mol. The van der Waals surface area contributed by atoms with Gasteiger partial charge in [-0.1, -0.05) is 12.1 Å². The predicted molar refractivity (Wildman–Crippen MR) is 107 cm³/mol. The number of sulfone groups is 1. The van der Waals surface area contributed by atoms with Gasteiger partial charge in [-0.3, -0.25) is 0 Å². The van der Waals surface area contributed by atoms with Crippen LogP contribution in [0.3, 0.4) is 0 Å². The van der Waals surface area contributed by atoms with Crippen LogP contribution in [0.4, 0.5) is 0 Å². The highest BCUT2D eigenvalue weighted by Gasteiger charge is 2.06. The summed E-state index contributed by atoms with van der Waals surface area (Å²) in [6, 6.07) is 10.7. The number of aromatic nitrogens is 1. The summed E-state index contributed by atoms with van der Waals surface area (Å²) in [5, 5.41) is 6.50. The Balaban J connectivity index is 1.91. The molecule has 7 nitrogen and oxygen atoms in total. The summed E-state index contributed by atoms with van der Waals surface area (Å²) in [5.41, 5.74) is 2.07. The van der Waals surface area contributed by atoms with E-state index < -0.39 is 9.84 Å². The smallest absolute Gasteiger partial charge is 0.213 e. The lowest BCUT2D eigenvalue weighted by molar-refractivity contribution is 0.397. The standard InChI is InChI=1S/C19H26N4O3S/c1-4-20-19(23-14-16-10-11-21-18(13-16)26-2)22-12-9-15-5-7-17(8-6-15)27(3,24)25/h5-8,10-11,13H,4,9,12,14H2,1-3H3,(H2,20,22,23). The predicted octanol–water partition coefficient (Wildman–Crippen LogP) is 1.79. The molecular formula is C19H26N4O3S. The number of aliphatic imine (C=N–C) groups is 1. The van der Waals surface area contributed by atoms with Crippen LogP contribution in [0.1, 0.15) is 18.1 Å². The summed E-state index contributed by atoms with van der Waals surface area (Å²) in [4.78, 5) is 8.99. The molecule has 1 aromatic heterocycles. The van der Waals surface area contributed by atoms with E-state index in [1.807, 2.05) is 31.2 Å². The van der Waals surface area contributed by atoms with Gasteiger partial charge in [0.1, 0.15) is 0 Å². The first-order chi connectivity index (χ1) is 12.9. The van der Waals surface area contributed by atoms with Crippen LogP contribution >= 0.6 is 0 Å². The van der Waals surface area contributed by atoms with Crippen LogP contribution in [0, 0.1) is 0 Å². The molecule has 0 saturated heterocycles. The summed E-state index contributed by atoms with van der Waals surface area (Å²) in [7, 11) is -1.57. The van der Waals surface area contributed by atoms with Crippen molar-refractivity contribution in [3.8, 4) is 5.88 Å². The average Bonchev–Trinajstić information content (AvgIpc) is 2.66. The number of ether oxygens (including phenoxy) is 1. The summed E-state index contributed by atoms with van der Waals surface area (Å²) in [5.74, 6) is 1.29. The molecular weight excluding hydrogens is 364 g/mol. The van der Waals surface area contributed by atoms with E-state index in [4.69, 9.17) is 4.74 Å². The molecule has 0 aliphatic rings. The minimum absolute atomic E-state index is 0.335. The summed E-state index contributed by atoms with van der Waals surface area (Å²) in [6.07, 6.45) is 3.67. The second-order valence-electron chi connectivity index (χ2n) is 5.99. The fourth-order valence-corrected chi connectivity index (χ4v) is 3.03. The van der Waals surface area contributed by atoms with Gasteiger partial charge in [-0.15, -0.1) is 0 Å². The number of benzene rings is 1. The fraction of sp³-hybridized carbons (Fsp3) is 0.368. The first-order valence-electron chi connectivity index (χ1n) is 8.72. The molecule has 0 atom stereocenters. The molecule has 0 radical (unpaired) electrons. The van der Waals surface area contributed by atoms with Gasteiger partial charge in [0, 0.05) is 31.6 Å². The number of hydrogen-bond donors (Lipinski definition) is 2. The van der Waals surface area contributed by atoms with Crippen molar-refractivity contribution in [3.63, 3.8) is 0 Å². The minimum Gasteiger partial charge on any atom is -0.481 e. The number of guanidine groups is 1. The molecule has 0 aliphatic carbocycles. The van der Waals surface area contributed by atoms with Crippen molar-refractivity contribution in [3.05, 3.63) is 53.7 Å². The van der Waals surface area contributed by atoms with E-state index in [-0.39, 0.29) is 0 Å². The van der Waals surface area contributed by atoms with Crippen LogP contribution in [0.5, 0.6) is 5.88 Å². The molecule has 0 fully saturated rings. The Morgan fingerprint density at radius 3 is 2.52 bits per heavy atom. The molecule has 1 heterocycles. The quantitative estimate of drug-likeness (QED) is 0.527. The third-order valence-corrected chi connectivity index (χ3v) is 4.96. The highest BCUT2D eigenvalue weighted by atomic mass is 32.2. The molecule has 8 heteroatoms. The molecule has 27 heavy (non-hydrogen) atoms. The molecule has 2 N–H and O–H groups in total. The van der Waals surface area contributed by atoms with Crippen LogP contribution in [-0.2, 0) is 22.8 Å². The number of pyridine rings is 1. The monoisotopic (exact) mass is 390 g/mol. The lowest BCUT2D eigenvalue weighted by Gasteiger charge is -2.11. The normalized spacial score (nSPS) is 11.9. The molecule has 0 aliphatic heterocycles. The molecule has 0 amide bonds. The van der Waals surface area contributed by atoms with Gasteiger partial charge >= 0.3 is 0 Å². The van der Waals surface area contributed by atoms with Gasteiger partial charge in [0.2, 0.25) is 5.88 Å². The maximum Gasteiger partial charge on any atom is 0.213 e. The molecule has 2 aromatic rings. The van der Waals surface area contributed by atoms with E-state index in [0.29, 0.717) is 23.9 Å². The van der Waals surface area contributed by atoms with Crippen molar-refractivity contribution in [2.75, 3.05) is 26.5 Å². The zero-order valence-electron chi connectivity index (χ0n) is 15.9. The Morgan fingerprint density at radius 1 is 1.15 bits per heavy atom. The molecule has 2 rings (SSSR count). The highest BCUT2D eigenvalue weighted by Crippen LogP contribution is 2.11. The Kier molecular flexibility index (Phi) is 7.60. The third kappa shape index (κ3) is 6.90.